The molecule has 0 aromatic heterocycles. The van der Waals surface area contributed by atoms with Crippen molar-refractivity contribution in [3.63, 3.8) is 0 Å². The number of halogens is 1. The normalized spacial score (nSPS) is 26.8. The van der Waals surface area contributed by atoms with Crippen LogP contribution in [0.4, 0.5) is 4.39 Å². The Hall–Kier alpha value is -0.930. The summed E-state index contributed by atoms with van der Waals surface area (Å²) in [7, 11) is 0. The Kier molecular flexibility index (Phi) is 5.05. The van der Waals surface area contributed by atoms with Crippen LogP contribution in [0.2, 0.25) is 0 Å². The van der Waals surface area contributed by atoms with Crippen LogP contribution in [0.25, 0.3) is 0 Å². The highest BCUT2D eigenvalue weighted by atomic mass is 19.1. The summed E-state index contributed by atoms with van der Waals surface area (Å²) in [5.41, 5.74) is 5.94. The molecular weight excluding hydrogens is 265 g/mol. The van der Waals surface area contributed by atoms with Gasteiger partial charge in [-0.2, -0.15) is 0 Å². The van der Waals surface area contributed by atoms with Gasteiger partial charge < -0.3 is 10.8 Å². The Morgan fingerprint density at radius 1 is 1.29 bits per heavy atom. The standard InChI is InChI=1S/C18H28FNO/c1-3-17(20,4-2)16-11-7-8-12-18(16,21)13-14-9-5-6-10-15(14)19/h5-6,9-10,16,21H,3-4,7-8,11-13,20H2,1-2H3/t16-,18+/m0/s1. The molecular formula is C18H28FNO. The van der Waals surface area contributed by atoms with E-state index in [2.05, 4.69) is 13.8 Å². The van der Waals surface area contributed by atoms with Crippen molar-refractivity contribution in [1.29, 1.82) is 0 Å². The third kappa shape index (κ3) is 3.29. The fraction of sp³-hybridized carbons (Fsp3) is 0.667. The van der Waals surface area contributed by atoms with Gasteiger partial charge in [-0.1, -0.05) is 44.9 Å². The van der Waals surface area contributed by atoms with Crippen molar-refractivity contribution >= 4 is 0 Å². The second-order valence-corrected chi connectivity index (χ2v) is 6.61. The van der Waals surface area contributed by atoms with Crippen LogP contribution in [-0.4, -0.2) is 16.2 Å². The summed E-state index contributed by atoms with van der Waals surface area (Å²) in [5.74, 6) is -0.195. The van der Waals surface area contributed by atoms with Gasteiger partial charge in [-0.25, -0.2) is 4.39 Å². The zero-order valence-corrected chi connectivity index (χ0v) is 13.2. The Morgan fingerprint density at radius 3 is 2.57 bits per heavy atom. The van der Waals surface area contributed by atoms with Crippen molar-refractivity contribution in [3.05, 3.63) is 35.6 Å². The first kappa shape index (κ1) is 16.4. The lowest BCUT2D eigenvalue weighted by Crippen LogP contribution is -2.58. The largest absolute Gasteiger partial charge is 0.389 e. The van der Waals surface area contributed by atoms with Crippen LogP contribution < -0.4 is 5.73 Å². The van der Waals surface area contributed by atoms with E-state index in [1.807, 2.05) is 6.07 Å². The van der Waals surface area contributed by atoms with E-state index in [4.69, 9.17) is 5.73 Å². The van der Waals surface area contributed by atoms with Crippen LogP contribution in [-0.2, 0) is 6.42 Å². The van der Waals surface area contributed by atoms with Crippen molar-refractivity contribution in [3.8, 4) is 0 Å². The van der Waals surface area contributed by atoms with Gasteiger partial charge in [0.2, 0.25) is 0 Å². The Balaban J connectivity index is 2.30. The minimum absolute atomic E-state index is 0.0355. The van der Waals surface area contributed by atoms with Gasteiger partial charge in [0.25, 0.3) is 0 Å². The monoisotopic (exact) mass is 293 g/mol. The molecule has 1 aliphatic rings. The molecule has 2 rings (SSSR count). The summed E-state index contributed by atoms with van der Waals surface area (Å²) < 4.78 is 14.0. The lowest BCUT2D eigenvalue weighted by atomic mass is 9.62. The zero-order chi connectivity index (χ0) is 15.5. The zero-order valence-electron chi connectivity index (χ0n) is 13.2. The predicted molar refractivity (Wildman–Crippen MR) is 84.5 cm³/mol. The Morgan fingerprint density at radius 2 is 1.95 bits per heavy atom. The first-order chi connectivity index (χ1) is 9.95. The lowest BCUT2D eigenvalue weighted by Gasteiger charge is -2.49. The van der Waals surface area contributed by atoms with Gasteiger partial charge in [0.05, 0.1) is 5.60 Å². The van der Waals surface area contributed by atoms with Crippen molar-refractivity contribution in [1.82, 2.24) is 0 Å². The van der Waals surface area contributed by atoms with Crippen LogP contribution >= 0.6 is 0 Å². The molecule has 21 heavy (non-hydrogen) atoms. The van der Waals surface area contributed by atoms with Crippen LogP contribution in [0.5, 0.6) is 0 Å². The average Bonchev–Trinajstić information content (AvgIpc) is 2.49. The van der Waals surface area contributed by atoms with E-state index in [1.165, 1.54) is 6.07 Å². The minimum atomic E-state index is -0.888. The second kappa shape index (κ2) is 6.45. The number of hydrogen-bond acceptors (Lipinski definition) is 2. The van der Waals surface area contributed by atoms with E-state index in [-0.39, 0.29) is 17.3 Å². The van der Waals surface area contributed by atoms with E-state index in [1.54, 1.807) is 12.1 Å². The number of nitrogens with two attached hydrogens (primary N) is 1. The molecule has 0 amide bonds. The molecule has 0 aliphatic heterocycles. The molecule has 1 saturated carbocycles. The highest BCUT2D eigenvalue weighted by molar-refractivity contribution is 5.21. The van der Waals surface area contributed by atoms with Gasteiger partial charge in [-0.05, 0) is 37.3 Å². The van der Waals surface area contributed by atoms with Crippen molar-refractivity contribution < 1.29 is 9.50 Å². The third-order valence-electron chi connectivity index (χ3n) is 5.47. The first-order valence-electron chi connectivity index (χ1n) is 8.20. The molecule has 0 unspecified atom stereocenters. The van der Waals surface area contributed by atoms with E-state index < -0.39 is 5.60 Å². The average molecular weight is 293 g/mol. The summed E-state index contributed by atoms with van der Waals surface area (Å²) in [6, 6.07) is 6.75. The van der Waals surface area contributed by atoms with Crippen LogP contribution in [0.1, 0.15) is 57.9 Å². The van der Waals surface area contributed by atoms with Crippen LogP contribution in [0.15, 0.2) is 24.3 Å². The first-order valence-corrected chi connectivity index (χ1v) is 8.20. The molecule has 0 spiro atoms. The highest BCUT2D eigenvalue weighted by Crippen LogP contribution is 2.44. The molecule has 0 radical (unpaired) electrons. The minimum Gasteiger partial charge on any atom is -0.389 e. The Bertz CT molecular complexity index is 472. The SMILES string of the molecule is CCC(N)(CC)[C@@H]1CCCC[C@@]1(O)Cc1ccccc1F. The summed E-state index contributed by atoms with van der Waals surface area (Å²) in [4.78, 5) is 0. The summed E-state index contributed by atoms with van der Waals surface area (Å²) in [6.45, 7) is 4.17. The molecule has 2 nitrogen and oxygen atoms in total. The molecule has 3 N–H and O–H groups in total. The maximum absolute atomic E-state index is 14.0. The van der Waals surface area contributed by atoms with Crippen molar-refractivity contribution in [2.45, 2.75) is 69.9 Å². The maximum Gasteiger partial charge on any atom is 0.126 e. The number of benzene rings is 1. The van der Waals surface area contributed by atoms with E-state index >= 15 is 0 Å². The number of rotatable bonds is 5. The molecule has 0 bridgehead atoms. The molecule has 0 heterocycles. The molecule has 1 aromatic rings. The smallest absolute Gasteiger partial charge is 0.126 e. The van der Waals surface area contributed by atoms with Gasteiger partial charge in [0.1, 0.15) is 5.82 Å². The fourth-order valence-corrected chi connectivity index (χ4v) is 3.97. The highest BCUT2D eigenvalue weighted by Gasteiger charge is 2.47. The van der Waals surface area contributed by atoms with Gasteiger partial charge in [0.15, 0.2) is 0 Å². The molecule has 3 heteroatoms. The molecule has 1 fully saturated rings. The predicted octanol–water partition coefficient (Wildman–Crippen LogP) is 3.81. The van der Waals surface area contributed by atoms with E-state index in [0.717, 1.165) is 32.1 Å². The lowest BCUT2D eigenvalue weighted by molar-refractivity contribution is -0.0804. The molecule has 0 saturated heterocycles. The second-order valence-electron chi connectivity index (χ2n) is 6.61. The van der Waals surface area contributed by atoms with E-state index in [0.29, 0.717) is 18.4 Å². The van der Waals surface area contributed by atoms with Gasteiger partial charge in [-0.15, -0.1) is 0 Å². The van der Waals surface area contributed by atoms with Gasteiger partial charge in [-0.3, -0.25) is 0 Å². The topological polar surface area (TPSA) is 46.2 Å². The van der Waals surface area contributed by atoms with E-state index in [9.17, 15) is 9.50 Å². The van der Waals surface area contributed by atoms with Gasteiger partial charge >= 0.3 is 0 Å². The summed E-state index contributed by atoms with van der Waals surface area (Å²) >= 11 is 0. The molecule has 1 aliphatic carbocycles. The fourth-order valence-electron chi connectivity index (χ4n) is 3.97. The summed E-state index contributed by atoms with van der Waals surface area (Å²) in [5, 5.41) is 11.3. The van der Waals surface area contributed by atoms with Gasteiger partial charge in [0, 0.05) is 17.9 Å². The maximum atomic E-state index is 14.0. The number of aliphatic hydroxyl groups is 1. The summed E-state index contributed by atoms with van der Waals surface area (Å²) in [6.07, 6.45) is 5.78. The van der Waals surface area contributed by atoms with Crippen molar-refractivity contribution in [2.75, 3.05) is 0 Å². The molecule has 1 aromatic carbocycles. The van der Waals surface area contributed by atoms with Crippen LogP contribution in [0, 0.1) is 11.7 Å². The van der Waals surface area contributed by atoms with Crippen molar-refractivity contribution in [2.24, 2.45) is 11.7 Å². The van der Waals surface area contributed by atoms with Crippen LogP contribution in [0.3, 0.4) is 0 Å². The third-order valence-corrected chi connectivity index (χ3v) is 5.47. The number of hydrogen-bond donors (Lipinski definition) is 2. The molecule has 118 valence electrons. The molecule has 2 atom stereocenters. The quantitative estimate of drug-likeness (QED) is 0.867. The Labute approximate surface area is 127 Å².